The summed E-state index contributed by atoms with van der Waals surface area (Å²) in [4.78, 5) is 12.1. The molecule has 1 heterocycles. The molecule has 132 valence electrons. The van der Waals surface area contributed by atoms with Gasteiger partial charge in [0, 0.05) is 28.2 Å². The van der Waals surface area contributed by atoms with Crippen molar-refractivity contribution in [3.63, 3.8) is 0 Å². The number of hydrogen-bond donors (Lipinski definition) is 1. The van der Waals surface area contributed by atoms with Crippen LogP contribution in [0.3, 0.4) is 0 Å². The van der Waals surface area contributed by atoms with Gasteiger partial charge in [0.1, 0.15) is 0 Å². The third kappa shape index (κ3) is 3.59. The van der Waals surface area contributed by atoms with Crippen LogP contribution < -0.4 is 5.43 Å². The van der Waals surface area contributed by atoms with Gasteiger partial charge in [-0.2, -0.15) is 5.10 Å². The molecule has 4 nitrogen and oxygen atoms in total. The van der Waals surface area contributed by atoms with E-state index in [0.29, 0.717) is 5.56 Å². The van der Waals surface area contributed by atoms with E-state index in [1.165, 1.54) is 16.8 Å². The molecule has 1 amide bonds. The van der Waals surface area contributed by atoms with Crippen LogP contribution in [0.5, 0.6) is 0 Å². The van der Waals surface area contributed by atoms with Crippen molar-refractivity contribution in [3.8, 4) is 5.69 Å². The number of hydrogen-bond acceptors (Lipinski definition) is 2. The van der Waals surface area contributed by atoms with E-state index < -0.39 is 0 Å². The Morgan fingerprint density at radius 3 is 2.42 bits per heavy atom. The fraction of sp³-hybridized carbons (Fsp3) is 0.182. The lowest BCUT2D eigenvalue weighted by molar-refractivity contribution is 0.0955. The second kappa shape index (κ2) is 7.40. The van der Waals surface area contributed by atoms with Gasteiger partial charge in [-0.1, -0.05) is 35.9 Å². The van der Waals surface area contributed by atoms with Crippen LogP contribution >= 0.6 is 0 Å². The smallest absolute Gasteiger partial charge is 0.271 e. The molecule has 3 aromatic rings. The number of rotatable bonds is 4. The Hall–Kier alpha value is -3.14. The van der Waals surface area contributed by atoms with Crippen LogP contribution in [0.4, 0.5) is 0 Å². The van der Waals surface area contributed by atoms with E-state index in [9.17, 15) is 4.79 Å². The first kappa shape index (κ1) is 17.7. The molecule has 0 saturated heterocycles. The molecule has 0 spiro atoms. The van der Waals surface area contributed by atoms with Gasteiger partial charge in [-0.3, -0.25) is 4.79 Å². The fourth-order valence-corrected chi connectivity index (χ4v) is 3.16. The molecule has 0 radical (unpaired) electrons. The van der Waals surface area contributed by atoms with E-state index in [4.69, 9.17) is 0 Å². The molecule has 0 atom stereocenters. The van der Waals surface area contributed by atoms with Gasteiger partial charge in [-0.15, -0.1) is 0 Å². The van der Waals surface area contributed by atoms with E-state index >= 15 is 0 Å². The Balaban J connectivity index is 1.83. The zero-order valence-electron chi connectivity index (χ0n) is 15.6. The van der Waals surface area contributed by atoms with E-state index in [2.05, 4.69) is 67.1 Å². The van der Waals surface area contributed by atoms with Gasteiger partial charge in [0.05, 0.1) is 6.21 Å². The maximum atomic E-state index is 12.1. The maximum Gasteiger partial charge on any atom is 0.271 e. The van der Waals surface area contributed by atoms with Crippen molar-refractivity contribution >= 4 is 12.1 Å². The van der Waals surface area contributed by atoms with Crippen molar-refractivity contribution in [2.24, 2.45) is 5.10 Å². The number of amides is 1. The minimum absolute atomic E-state index is 0.218. The van der Waals surface area contributed by atoms with Crippen LogP contribution in [-0.4, -0.2) is 16.7 Å². The largest absolute Gasteiger partial charge is 0.318 e. The summed E-state index contributed by atoms with van der Waals surface area (Å²) in [5.41, 5.74) is 10.0. The molecule has 0 saturated carbocycles. The number of nitrogens with zero attached hydrogens (tertiary/aromatic N) is 2. The van der Waals surface area contributed by atoms with Gasteiger partial charge in [0.15, 0.2) is 0 Å². The minimum Gasteiger partial charge on any atom is -0.318 e. The van der Waals surface area contributed by atoms with Crippen molar-refractivity contribution in [3.05, 3.63) is 88.2 Å². The molecule has 0 bridgehead atoms. The van der Waals surface area contributed by atoms with Crippen LogP contribution in [0.1, 0.15) is 38.4 Å². The zero-order valence-corrected chi connectivity index (χ0v) is 15.6. The molecule has 26 heavy (non-hydrogen) atoms. The quantitative estimate of drug-likeness (QED) is 0.550. The lowest BCUT2D eigenvalue weighted by atomic mass is 10.1. The summed E-state index contributed by atoms with van der Waals surface area (Å²) in [6.07, 6.45) is 1.70. The molecule has 4 heteroatoms. The van der Waals surface area contributed by atoms with Crippen molar-refractivity contribution in [1.29, 1.82) is 0 Å². The minimum atomic E-state index is -0.218. The maximum absolute atomic E-state index is 12.1. The molecular weight excluding hydrogens is 322 g/mol. The number of aromatic nitrogens is 1. The number of carbonyl (C=O) groups is 1. The summed E-state index contributed by atoms with van der Waals surface area (Å²) in [6, 6.07) is 17.6. The molecule has 2 aromatic carbocycles. The standard InChI is InChI=1S/C22H23N3O/c1-15-10-11-21(16(2)12-15)25-17(3)13-20(18(25)4)14-23-24-22(26)19-8-6-5-7-9-19/h5-14H,1-4H3,(H,24,26)/b23-14+. The molecule has 3 rings (SSSR count). The fourth-order valence-electron chi connectivity index (χ4n) is 3.16. The van der Waals surface area contributed by atoms with Crippen LogP contribution in [-0.2, 0) is 0 Å². The predicted octanol–water partition coefficient (Wildman–Crippen LogP) is 4.47. The number of hydrazone groups is 1. The predicted molar refractivity (Wildman–Crippen MR) is 106 cm³/mol. The Kier molecular flexibility index (Phi) is 5.03. The topological polar surface area (TPSA) is 46.4 Å². The summed E-state index contributed by atoms with van der Waals surface area (Å²) in [7, 11) is 0. The molecular formula is C22H23N3O. The average Bonchev–Trinajstić information content (AvgIpc) is 2.90. The van der Waals surface area contributed by atoms with E-state index in [-0.39, 0.29) is 5.91 Å². The first-order chi connectivity index (χ1) is 12.5. The van der Waals surface area contributed by atoms with Gasteiger partial charge in [0.25, 0.3) is 5.91 Å². The highest BCUT2D eigenvalue weighted by Crippen LogP contribution is 2.23. The van der Waals surface area contributed by atoms with Crippen molar-refractivity contribution in [2.45, 2.75) is 27.7 Å². The van der Waals surface area contributed by atoms with Crippen LogP contribution in [0.2, 0.25) is 0 Å². The second-order valence-electron chi connectivity index (χ2n) is 6.52. The number of benzene rings is 2. The first-order valence-corrected chi connectivity index (χ1v) is 8.62. The summed E-state index contributed by atoms with van der Waals surface area (Å²) in [5, 5.41) is 4.13. The Labute approximate surface area is 154 Å². The Bertz CT molecular complexity index is 969. The van der Waals surface area contributed by atoms with Crippen LogP contribution in [0.25, 0.3) is 5.69 Å². The molecule has 0 aliphatic carbocycles. The lowest BCUT2D eigenvalue weighted by Gasteiger charge is -2.13. The normalized spacial score (nSPS) is 11.1. The third-order valence-corrected chi connectivity index (χ3v) is 4.47. The molecule has 0 aliphatic rings. The van der Waals surface area contributed by atoms with Crippen molar-refractivity contribution in [1.82, 2.24) is 9.99 Å². The van der Waals surface area contributed by atoms with Gasteiger partial charge in [-0.25, -0.2) is 5.43 Å². The van der Waals surface area contributed by atoms with E-state index in [1.54, 1.807) is 18.3 Å². The number of nitrogens with one attached hydrogen (secondary N) is 1. The SMILES string of the molecule is Cc1ccc(-n2c(C)cc(/C=N/NC(=O)c3ccccc3)c2C)c(C)c1. The Morgan fingerprint density at radius 1 is 1.00 bits per heavy atom. The van der Waals surface area contributed by atoms with Crippen molar-refractivity contribution in [2.75, 3.05) is 0 Å². The molecule has 0 unspecified atom stereocenters. The average molecular weight is 345 g/mol. The summed E-state index contributed by atoms with van der Waals surface area (Å²) in [5.74, 6) is -0.218. The van der Waals surface area contributed by atoms with Crippen LogP contribution in [0, 0.1) is 27.7 Å². The van der Waals surface area contributed by atoms with E-state index in [1.807, 2.05) is 18.2 Å². The Morgan fingerprint density at radius 2 is 1.73 bits per heavy atom. The molecule has 0 fully saturated rings. The van der Waals surface area contributed by atoms with Gasteiger partial charge < -0.3 is 4.57 Å². The lowest BCUT2D eigenvalue weighted by Crippen LogP contribution is -2.17. The second-order valence-corrected chi connectivity index (χ2v) is 6.52. The number of aryl methyl sites for hydroxylation is 3. The summed E-state index contributed by atoms with van der Waals surface area (Å²) in [6.45, 7) is 8.35. The van der Waals surface area contributed by atoms with Gasteiger partial charge >= 0.3 is 0 Å². The monoisotopic (exact) mass is 345 g/mol. The third-order valence-electron chi connectivity index (χ3n) is 4.47. The highest BCUT2D eigenvalue weighted by Gasteiger charge is 2.11. The highest BCUT2D eigenvalue weighted by atomic mass is 16.2. The summed E-state index contributed by atoms with van der Waals surface area (Å²) < 4.78 is 2.22. The number of carbonyl (C=O) groups excluding carboxylic acids is 1. The highest BCUT2D eigenvalue weighted by molar-refractivity contribution is 5.94. The molecule has 1 N–H and O–H groups in total. The summed E-state index contributed by atoms with van der Waals surface area (Å²) >= 11 is 0. The van der Waals surface area contributed by atoms with Gasteiger partial charge in [0.2, 0.25) is 0 Å². The van der Waals surface area contributed by atoms with Gasteiger partial charge in [-0.05, 0) is 57.5 Å². The molecule has 0 aliphatic heterocycles. The van der Waals surface area contributed by atoms with E-state index in [0.717, 1.165) is 17.0 Å². The first-order valence-electron chi connectivity index (χ1n) is 8.62. The molecule has 1 aromatic heterocycles. The zero-order chi connectivity index (χ0) is 18.7. The van der Waals surface area contributed by atoms with Crippen molar-refractivity contribution < 1.29 is 4.79 Å². The van der Waals surface area contributed by atoms with Crippen LogP contribution in [0.15, 0.2) is 59.7 Å².